The quantitative estimate of drug-likeness (QED) is 0.937. The first-order chi connectivity index (χ1) is 10.8. The van der Waals surface area contributed by atoms with Gasteiger partial charge in [-0.2, -0.15) is 0 Å². The molecule has 1 aliphatic rings. The van der Waals surface area contributed by atoms with Gasteiger partial charge in [-0.15, -0.1) is 0 Å². The molecule has 0 bridgehead atoms. The second kappa shape index (κ2) is 7.02. The Morgan fingerprint density at radius 2 is 1.95 bits per heavy atom. The van der Waals surface area contributed by atoms with Gasteiger partial charge < -0.3 is 10.2 Å². The number of carbonyl (C=O) groups is 1. The number of carbonyl (C=O) groups excluding carboxylic acids is 1. The van der Waals surface area contributed by atoms with Crippen molar-refractivity contribution < 1.29 is 4.79 Å². The number of nitrogens with one attached hydrogen (secondary N) is 1. The number of aromatic nitrogens is 2. The van der Waals surface area contributed by atoms with E-state index < -0.39 is 0 Å². The molecular weight excluding hydrogens is 276 g/mol. The maximum atomic E-state index is 12.3. The Morgan fingerprint density at radius 3 is 2.64 bits per heavy atom. The third-order valence-corrected chi connectivity index (χ3v) is 4.05. The first-order valence-electron chi connectivity index (χ1n) is 7.65. The van der Waals surface area contributed by atoms with Gasteiger partial charge in [0.2, 0.25) is 5.91 Å². The molecule has 1 N–H and O–H groups in total. The second-order valence-corrected chi connectivity index (χ2v) is 5.53. The Labute approximate surface area is 130 Å². The lowest BCUT2D eigenvalue weighted by molar-refractivity contribution is -0.125. The largest absolute Gasteiger partial charge is 0.355 e. The van der Waals surface area contributed by atoms with Crippen LogP contribution < -0.4 is 10.2 Å². The number of benzene rings is 1. The Kier molecular flexibility index (Phi) is 4.63. The molecule has 3 rings (SSSR count). The monoisotopic (exact) mass is 296 g/mol. The Morgan fingerprint density at radius 1 is 1.18 bits per heavy atom. The van der Waals surface area contributed by atoms with Gasteiger partial charge in [-0.3, -0.25) is 9.78 Å². The van der Waals surface area contributed by atoms with Crippen LogP contribution in [0.1, 0.15) is 18.4 Å². The maximum absolute atomic E-state index is 12.3. The number of piperidine rings is 1. The van der Waals surface area contributed by atoms with Crippen LogP contribution in [0, 0.1) is 5.92 Å². The van der Waals surface area contributed by atoms with E-state index in [4.69, 9.17) is 0 Å². The summed E-state index contributed by atoms with van der Waals surface area (Å²) < 4.78 is 0. The molecular formula is C17H20N4O. The summed E-state index contributed by atoms with van der Waals surface area (Å²) in [5.74, 6) is 1.14. The average Bonchev–Trinajstić information content (AvgIpc) is 2.61. The van der Waals surface area contributed by atoms with E-state index in [2.05, 4.69) is 20.2 Å². The van der Waals surface area contributed by atoms with Crippen LogP contribution in [-0.2, 0) is 11.3 Å². The summed E-state index contributed by atoms with van der Waals surface area (Å²) in [5.41, 5.74) is 1.13. The summed E-state index contributed by atoms with van der Waals surface area (Å²) in [6, 6.07) is 10.0. The van der Waals surface area contributed by atoms with E-state index in [1.807, 2.05) is 30.3 Å². The molecule has 1 amide bonds. The zero-order chi connectivity index (χ0) is 15.2. The zero-order valence-electron chi connectivity index (χ0n) is 12.5. The fraction of sp³-hybridized carbons (Fsp3) is 0.353. The van der Waals surface area contributed by atoms with E-state index in [-0.39, 0.29) is 11.8 Å². The van der Waals surface area contributed by atoms with E-state index in [0.717, 1.165) is 37.3 Å². The van der Waals surface area contributed by atoms with Crippen LogP contribution >= 0.6 is 0 Å². The number of nitrogens with zero attached hydrogens (tertiary/aromatic N) is 3. The Bertz CT molecular complexity index is 595. The molecule has 0 atom stereocenters. The van der Waals surface area contributed by atoms with E-state index >= 15 is 0 Å². The van der Waals surface area contributed by atoms with Gasteiger partial charge in [0.25, 0.3) is 0 Å². The SMILES string of the molecule is O=C(NCc1ccccc1)C1CCN(c2cnccn2)CC1. The standard InChI is InChI=1S/C17H20N4O/c22-17(20-12-14-4-2-1-3-5-14)15-6-10-21(11-7-15)16-13-18-8-9-19-16/h1-5,8-9,13,15H,6-7,10-12H2,(H,20,22). The lowest BCUT2D eigenvalue weighted by Crippen LogP contribution is -2.40. The number of hydrogen-bond acceptors (Lipinski definition) is 4. The Balaban J connectivity index is 1.48. The number of amides is 1. The molecule has 5 nitrogen and oxygen atoms in total. The summed E-state index contributed by atoms with van der Waals surface area (Å²) in [5, 5.41) is 3.04. The van der Waals surface area contributed by atoms with E-state index in [1.54, 1.807) is 18.6 Å². The average molecular weight is 296 g/mol. The molecule has 1 fully saturated rings. The first kappa shape index (κ1) is 14.5. The third-order valence-electron chi connectivity index (χ3n) is 4.05. The summed E-state index contributed by atoms with van der Waals surface area (Å²) in [7, 11) is 0. The predicted molar refractivity (Wildman–Crippen MR) is 85.3 cm³/mol. The van der Waals surface area contributed by atoms with Gasteiger partial charge in [0, 0.05) is 37.9 Å². The fourth-order valence-corrected chi connectivity index (χ4v) is 2.75. The van der Waals surface area contributed by atoms with Crippen molar-refractivity contribution in [3.8, 4) is 0 Å². The van der Waals surface area contributed by atoms with Crippen LogP contribution in [0.15, 0.2) is 48.9 Å². The van der Waals surface area contributed by atoms with Crippen LogP contribution in [0.4, 0.5) is 5.82 Å². The highest BCUT2D eigenvalue weighted by Gasteiger charge is 2.25. The molecule has 1 aromatic heterocycles. The minimum atomic E-state index is 0.0941. The van der Waals surface area contributed by atoms with Crippen molar-refractivity contribution in [2.75, 3.05) is 18.0 Å². The van der Waals surface area contributed by atoms with Crippen LogP contribution in [0.25, 0.3) is 0 Å². The van der Waals surface area contributed by atoms with Gasteiger partial charge in [0.15, 0.2) is 0 Å². The van der Waals surface area contributed by atoms with Crippen molar-refractivity contribution >= 4 is 11.7 Å². The van der Waals surface area contributed by atoms with Gasteiger partial charge in [0.1, 0.15) is 5.82 Å². The molecule has 114 valence electrons. The molecule has 22 heavy (non-hydrogen) atoms. The molecule has 0 radical (unpaired) electrons. The molecule has 0 aliphatic carbocycles. The van der Waals surface area contributed by atoms with Crippen molar-refractivity contribution in [2.24, 2.45) is 5.92 Å². The van der Waals surface area contributed by atoms with Gasteiger partial charge in [-0.25, -0.2) is 4.98 Å². The van der Waals surface area contributed by atoms with E-state index in [9.17, 15) is 4.79 Å². The van der Waals surface area contributed by atoms with Crippen molar-refractivity contribution in [2.45, 2.75) is 19.4 Å². The van der Waals surface area contributed by atoms with Crippen LogP contribution in [0.5, 0.6) is 0 Å². The molecule has 0 unspecified atom stereocenters. The summed E-state index contributed by atoms with van der Waals surface area (Å²) in [6.07, 6.45) is 6.87. The molecule has 2 aromatic rings. The van der Waals surface area contributed by atoms with Gasteiger partial charge >= 0.3 is 0 Å². The first-order valence-corrected chi connectivity index (χ1v) is 7.65. The van der Waals surface area contributed by atoms with Crippen molar-refractivity contribution in [1.29, 1.82) is 0 Å². The number of rotatable bonds is 4. The van der Waals surface area contributed by atoms with Gasteiger partial charge in [-0.05, 0) is 18.4 Å². The van der Waals surface area contributed by atoms with Gasteiger partial charge in [0.05, 0.1) is 6.20 Å². The fourth-order valence-electron chi connectivity index (χ4n) is 2.75. The minimum Gasteiger partial charge on any atom is -0.355 e. The minimum absolute atomic E-state index is 0.0941. The topological polar surface area (TPSA) is 58.1 Å². The highest BCUT2D eigenvalue weighted by Crippen LogP contribution is 2.21. The number of anilines is 1. The number of hydrogen-bond donors (Lipinski definition) is 1. The normalized spacial score (nSPS) is 15.5. The molecule has 1 saturated heterocycles. The summed E-state index contributed by atoms with van der Waals surface area (Å²) >= 11 is 0. The van der Waals surface area contributed by atoms with E-state index in [0.29, 0.717) is 6.54 Å². The van der Waals surface area contributed by atoms with Crippen LogP contribution in [-0.4, -0.2) is 29.0 Å². The summed E-state index contributed by atoms with van der Waals surface area (Å²) in [6.45, 7) is 2.30. The molecule has 2 heterocycles. The van der Waals surface area contributed by atoms with Crippen LogP contribution in [0.3, 0.4) is 0 Å². The highest BCUT2D eigenvalue weighted by atomic mass is 16.1. The predicted octanol–water partition coefficient (Wildman–Crippen LogP) is 2.01. The van der Waals surface area contributed by atoms with Crippen molar-refractivity contribution in [1.82, 2.24) is 15.3 Å². The summed E-state index contributed by atoms with van der Waals surface area (Å²) in [4.78, 5) is 22.9. The zero-order valence-corrected chi connectivity index (χ0v) is 12.5. The van der Waals surface area contributed by atoms with E-state index in [1.165, 1.54) is 0 Å². The maximum Gasteiger partial charge on any atom is 0.223 e. The smallest absolute Gasteiger partial charge is 0.223 e. The van der Waals surface area contributed by atoms with Crippen LogP contribution in [0.2, 0.25) is 0 Å². The second-order valence-electron chi connectivity index (χ2n) is 5.53. The molecule has 0 saturated carbocycles. The third kappa shape index (κ3) is 3.61. The molecule has 0 spiro atoms. The lowest BCUT2D eigenvalue weighted by Gasteiger charge is -2.31. The molecule has 5 heteroatoms. The highest BCUT2D eigenvalue weighted by molar-refractivity contribution is 5.78. The van der Waals surface area contributed by atoms with Crippen molar-refractivity contribution in [3.05, 3.63) is 54.5 Å². The van der Waals surface area contributed by atoms with Gasteiger partial charge in [-0.1, -0.05) is 30.3 Å². The molecule has 1 aromatic carbocycles. The molecule has 1 aliphatic heterocycles. The Hall–Kier alpha value is -2.43. The van der Waals surface area contributed by atoms with Crippen molar-refractivity contribution in [3.63, 3.8) is 0 Å². The lowest BCUT2D eigenvalue weighted by atomic mass is 9.96.